The monoisotopic (exact) mass is 398 g/mol. The molecule has 1 heterocycles. The van der Waals surface area contributed by atoms with Crippen molar-refractivity contribution in [2.45, 2.75) is 25.2 Å². The molecular formula is C21H20F2N4O2. The molecule has 29 heavy (non-hydrogen) atoms. The Balaban J connectivity index is 1.95. The molecule has 0 bridgehead atoms. The normalized spacial score (nSPS) is 19.1. The maximum atomic E-state index is 13.3. The highest BCUT2D eigenvalue weighted by atomic mass is 19.1. The third kappa shape index (κ3) is 5.16. The van der Waals surface area contributed by atoms with Crippen molar-refractivity contribution in [3.63, 3.8) is 0 Å². The van der Waals surface area contributed by atoms with Gasteiger partial charge in [0.1, 0.15) is 30.1 Å². The second-order valence-corrected chi connectivity index (χ2v) is 6.54. The van der Waals surface area contributed by atoms with E-state index in [2.05, 4.69) is 17.0 Å². The maximum absolute atomic E-state index is 13.3. The summed E-state index contributed by atoms with van der Waals surface area (Å²) in [4.78, 5) is 10.5. The number of nitrogens with two attached hydrogens (primary N) is 2. The molecule has 8 heteroatoms. The van der Waals surface area contributed by atoms with E-state index in [1.54, 1.807) is 0 Å². The SMILES string of the molecule is N/C(=C(/C#Cc1ccc(F)cc1)N(N)C1CCC(CN=O)O1)c1ccc(F)cc1. The molecule has 0 spiro atoms. The highest BCUT2D eigenvalue weighted by molar-refractivity contribution is 5.69. The minimum atomic E-state index is -0.543. The van der Waals surface area contributed by atoms with Crippen LogP contribution in [0.25, 0.3) is 5.70 Å². The summed E-state index contributed by atoms with van der Waals surface area (Å²) in [5, 5.41) is 4.17. The van der Waals surface area contributed by atoms with E-state index in [1.807, 2.05) is 0 Å². The molecule has 2 aromatic carbocycles. The average molecular weight is 398 g/mol. The number of allylic oxidation sites excluding steroid dienone is 1. The molecular weight excluding hydrogens is 378 g/mol. The predicted octanol–water partition coefficient (Wildman–Crippen LogP) is 3.09. The van der Waals surface area contributed by atoms with Crippen molar-refractivity contribution < 1.29 is 13.5 Å². The molecule has 1 fully saturated rings. The minimum absolute atomic E-state index is 0.0398. The van der Waals surface area contributed by atoms with E-state index in [0.717, 1.165) is 0 Å². The smallest absolute Gasteiger partial charge is 0.145 e. The molecule has 150 valence electrons. The van der Waals surface area contributed by atoms with Gasteiger partial charge in [0.2, 0.25) is 0 Å². The van der Waals surface area contributed by atoms with Crippen molar-refractivity contribution >= 4 is 5.70 Å². The van der Waals surface area contributed by atoms with E-state index >= 15 is 0 Å². The van der Waals surface area contributed by atoms with Gasteiger partial charge in [-0.3, -0.25) is 5.01 Å². The lowest BCUT2D eigenvalue weighted by atomic mass is 10.1. The average Bonchev–Trinajstić information content (AvgIpc) is 3.19. The Bertz CT molecular complexity index is 949. The summed E-state index contributed by atoms with van der Waals surface area (Å²) in [5.74, 6) is 11.3. The lowest BCUT2D eigenvalue weighted by Crippen LogP contribution is -2.41. The first-order valence-corrected chi connectivity index (χ1v) is 8.99. The molecule has 2 atom stereocenters. The Morgan fingerprint density at radius 3 is 2.34 bits per heavy atom. The zero-order valence-corrected chi connectivity index (χ0v) is 15.5. The number of hydrogen-bond acceptors (Lipinski definition) is 6. The molecule has 3 rings (SSSR count). The Hall–Kier alpha value is -3.28. The zero-order chi connectivity index (χ0) is 20.8. The third-order valence-electron chi connectivity index (χ3n) is 4.51. The summed E-state index contributed by atoms with van der Waals surface area (Å²) in [7, 11) is 0. The van der Waals surface area contributed by atoms with Gasteiger partial charge >= 0.3 is 0 Å². The van der Waals surface area contributed by atoms with Gasteiger partial charge in [-0.1, -0.05) is 11.1 Å². The second kappa shape index (κ2) is 9.28. The quantitative estimate of drug-likeness (QED) is 0.349. The summed E-state index contributed by atoms with van der Waals surface area (Å²) < 4.78 is 32.1. The van der Waals surface area contributed by atoms with Crippen molar-refractivity contribution in [3.8, 4) is 11.8 Å². The van der Waals surface area contributed by atoms with E-state index in [1.165, 1.54) is 53.5 Å². The van der Waals surface area contributed by atoms with E-state index in [0.29, 0.717) is 24.0 Å². The largest absolute Gasteiger partial charge is 0.396 e. The first-order valence-electron chi connectivity index (χ1n) is 8.99. The molecule has 0 radical (unpaired) electrons. The predicted molar refractivity (Wildman–Crippen MR) is 105 cm³/mol. The van der Waals surface area contributed by atoms with E-state index in [4.69, 9.17) is 16.3 Å². The van der Waals surface area contributed by atoms with E-state index in [-0.39, 0.29) is 29.9 Å². The summed E-state index contributed by atoms with van der Waals surface area (Å²) in [6.45, 7) is 0.0398. The molecule has 2 unspecified atom stereocenters. The molecule has 0 amide bonds. The maximum Gasteiger partial charge on any atom is 0.145 e. The zero-order valence-electron chi connectivity index (χ0n) is 15.5. The third-order valence-corrected chi connectivity index (χ3v) is 4.51. The van der Waals surface area contributed by atoms with Crippen LogP contribution >= 0.6 is 0 Å². The molecule has 0 aromatic heterocycles. The van der Waals surface area contributed by atoms with E-state index < -0.39 is 12.0 Å². The van der Waals surface area contributed by atoms with Gasteiger partial charge in [-0.15, -0.1) is 0 Å². The fourth-order valence-electron chi connectivity index (χ4n) is 2.95. The number of hydrogen-bond donors (Lipinski definition) is 2. The number of benzene rings is 2. The lowest BCUT2D eigenvalue weighted by Gasteiger charge is -2.26. The lowest BCUT2D eigenvalue weighted by molar-refractivity contribution is -0.0335. The topological polar surface area (TPSA) is 93.9 Å². The number of hydrazine groups is 1. The molecule has 1 aliphatic heterocycles. The summed E-state index contributed by atoms with van der Waals surface area (Å²) in [6.07, 6.45) is 0.328. The van der Waals surface area contributed by atoms with Crippen molar-refractivity contribution in [3.05, 3.63) is 81.9 Å². The fourth-order valence-corrected chi connectivity index (χ4v) is 2.95. The van der Waals surface area contributed by atoms with E-state index in [9.17, 15) is 13.7 Å². The van der Waals surface area contributed by atoms with Gasteiger partial charge < -0.3 is 10.5 Å². The van der Waals surface area contributed by atoms with Crippen molar-refractivity contribution in [1.82, 2.24) is 5.01 Å². The van der Waals surface area contributed by atoms with Gasteiger partial charge in [-0.05, 0) is 67.3 Å². The first-order chi connectivity index (χ1) is 14.0. The van der Waals surface area contributed by atoms with Crippen LogP contribution < -0.4 is 11.6 Å². The number of rotatable bonds is 5. The molecule has 1 aliphatic rings. The molecule has 2 aromatic rings. The Morgan fingerprint density at radius 1 is 1.10 bits per heavy atom. The van der Waals surface area contributed by atoms with Gasteiger partial charge in [0, 0.05) is 11.1 Å². The Morgan fingerprint density at radius 2 is 1.72 bits per heavy atom. The van der Waals surface area contributed by atoms with Gasteiger partial charge in [0.15, 0.2) is 0 Å². The van der Waals surface area contributed by atoms with Crippen molar-refractivity contribution in [1.29, 1.82) is 0 Å². The fraction of sp³-hybridized carbons (Fsp3) is 0.238. The first kappa shape index (κ1) is 20.5. The number of halogens is 2. The Kier molecular flexibility index (Phi) is 6.54. The van der Waals surface area contributed by atoms with Gasteiger partial charge in [-0.2, -0.15) is 4.91 Å². The molecule has 0 saturated carbocycles. The Labute approximate surface area is 167 Å². The van der Waals surface area contributed by atoms with Crippen molar-refractivity contribution in [2.24, 2.45) is 16.8 Å². The van der Waals surface area contributed by atoms with Gasteiger partial charge in [-0.25, -0.2) is 14.6 Å². The summed E-state index contributed by atoms with van der Waals surface area (Å²) in [5.41, 5.74) is 7.90. The highest BCUT2D eigenvalue weighted by Crippen LogP contribution is 2.25. The van der Waals surface area contributed by atoms with Crippen LogP contribution in [0.15, 0.2) is 59.4 Å². The van der Waals surface area contributed by atoms with Crippen LogP contribution in [0, 0.1) is 28.4 Å². The highest BCUT2D eigenvalue weighted by Gasteiger charge is 2.30. The summed E-state index contributed by atoms with van der Waals surface area (Å²) in [6, 6.07) is 11.3. The summed E-state index contributed by atoms with van der Waals surface area (Å²) >= 11 is 0. The molecule has 6 nitrogen and oxygen atoms in total. The van der Waals surface area contributed by atoms with Crippen LogP contribution in [0.5, 0.6) is 0 Å². The molecule has 0 aliphatic carbocycles. The van der Waals surface area contributed by atoms with Crippen LogP contribution in [-0.2, 0) is 4.74 Å². The number of ether oxygens (including phenoxy) is 1. The van der Waals surface area contributed by atoms with Crippen LogP contribution in [0.2, 0.25) is 0 Å². The van der Waals surface area contributed by atoms with Crippen LogP contribution in [-0.4, -0.2) is 23.9 Å². The van der Waals surface area contributed by atoms with Gasteiger partial charge in [0.25, 0.3) is 0 Å². The molecule has 4 N–H and O–H groups in total. The van der Waals surface area contributed by atoms with Gasteiger partial charge in [0.05, 0.1) is 11.8 Å². The number of nitrogens with zero attached hydrogens (tertiary/aromatic N) is 2. The minimum Gasteiger partial charge on any atom is -0.396 e. The van der Waals surface area contributed by atoms with Crippen LogP contribution in [0.3, 0.4) is 0 Å². The molecule has 1 saturated heterocycles. The second-order valence-electron chi connectivity index (χ2n) is 6.54. The van der Waals surface area contributed by atoms with Crippen molar-refractivity contribution in [2.75, 3.05) is 6.54 Å². The standard InChI is InChI=1S/C21H20F2N4O2/c22-16-6-1-14(2-7-16)3-11-19(21(24)15-4-8-17(23)9-5-15)27(25)20-12-10-18(29-20)13-26-28/h1-2,4-9,18,20H,10,12-13,24-25H2/b21-19-. The van der Waals surface area contributed by atoms with Crippen LogP contribution in [0.4, 0.5) is 8.78 Å². The number of nitroso groups, excluding NO2 is 1. The van der Waals surface area contributed by atoms with Crippen LogP contribution in [0.1, 0.15) is 24.0 Å².